The summed E-state index contributed by atoms with van der Waals surface area (Å²) in [7, 11) is 0. The van der Waals surface area contributed by atoms with Gasteiger partial charge in [0.2, 0.25) is 0 Å². The van der Waals surface area contributed by atoms with Crippen LogP contribution in [0.1, 0.15) is 40.3 Å². The first kappa shape index (κ1) is 19.4. The predicted octanol–water partition coefficient (Wildman–Crippen LogP) is 5.06. The fourth-order valence-electron chi connectivity index (χ4n) is 2.27. The van der Waals surface area contributed by atoms with Gasteiger partial charge in [0.05, 0.1) is 18.0 Å². The molecule has 2 aromatic rings. The smallest absolute Gasteiger partial charge is 0.146 e. The first-order valence-electron chi connectivity index (χ1n) is 8.99. The van der Waals surface area contributed by atoms with Crippen LogP contribution < -0.4 is 10.1 Å². The first-order chi connectivity index (χ1) is 11.9. The summed E-state index contributed by atoms with van der Waals surface area (Å²) in [5.74, 6) is 1.49. The molecule has 0 saturated heterocycles. The molecule has 0 radical (unpaired) electrons. The molecule has 1 aromatic heterocycles. The third-order valence-electron chi connectivity index (χ3n) is 4.22. The summed E-state index contributed by atoms with van der Waals surface area (Å²) in [5.41, 5.74) is 2.13. The van der Waals surface area contributed by atoms with Gasteiger partial charge in [-0.15, -0.1) is 0 Å². The molecule has 0 aliphatic rings. The highest BCUT2D eigenvalue weighted by Gasteiger charge is 2.11. The van der Waals surface area contributed by atoms with Gasteiger partial charge >= 0.3 is 0 Å². The van der Waals surface area contributed by atoms with Crippen molar-refractivity contribution in [2.24, 2.45) is 11.8 Å². The fraction of sp³-hybridized carbons (Fsp3) is 0.476. The van der Waals surface area contributed by atoms with Crippen LogP contribution in [-0.2, 0) is 6.54 Å². The van der Waals surface area contributed by atoms with Crippen LogP contribution in [0.4, 0.5) is 4.39 Å². The lowest BCUT2D eigenvalue weighted by atomic mass is 10.1. The van der Waals surface area contributed by atoms with Gasteiger partial charge in [0.25, 0.3) is 0 Å². The highest BCUT2D eigenvalue weighted by molar-refractivity contribution is 5.61. The Hall–Kier alpha value is -1.94. The Kier molecular flexibility index (Phi) is 6.94. The third-order valence-corrected chi connectivity index (χ3v) is 4.22. The Morgan fingerprint density at radius 3 is 2.52 bits per heavy atom. The number of benzene rings is 1. The molecule has 136 valence electrons. The van der Waals surface area contributed by atoms with Crippen molar-refractivity contribution in [3.8, 4) is 17.0 Å². The molecule has 3 nitrogen and oxygen atoms in total. The van der Waals surface area contributed by atoms with E-state index in [1.807, 2.05) is 24.3 Å². The minimum atomic E-state index is -0.278. The van der Waals surface area contributed by atoms with Crippen molar-refractivity contribution in [3.05, 3.63) is 47.9 Å². The van der Waals surface area contributed by atoms with E-state index in [2.05, 4.69) is 44.9 Å². The van der Waals surface area contributed by atoms with Crippen LogP contribution in [0.5, 0.6) is 5.75 Å². The first-order valence-corrected chi connectivity index (χ1v) is 8.99. The number of aromatic nitrogens is 1. The van der Waals surface area contributed by atoms with E-state index in [-0.39, 0.29) is 5.82 Å². The number of ether oxygens (including phenoxy) is 1. The third kappa shape index (κ3) is 5.82. The summed E-state index contributed by atoms with van der Waals surface area (Å²) in [6.07, 6.45) is 0. The molecular formula is C21H29FN2O. The zero-order chi connectivity index (χ0) is 18.4. The molecule has 0 saturated carbocycles. The second kappa shape index (κ2) is 8.95. The largest absolute Gasteiger partial charge is 0.493 e. The number of rotatable bonds is 8. The molecule has 2 rings (SSSR count). The molecule has 1 aromatic carbocycles. The van der Waals surface area contributed by atoms with E-state index >= 15 is 0 Å². The zero-order valence-electron chi connectivity index (χ0n) is 15.8. The normalized spacial score (nSPS) is 12.6. The summed E-state index contributed by atoms with van der Waals surface area (Å²) in [5, 5.41) is 3.33. The fourth-order valence-corrected chi connectivity index (χ4v) is 2.27. The molecule has 1 atom stereocenters. The van der Waals surface area contributed by atoms with Crippen LogP contribution in [-0.4, -0.2) is 17.6 Å². The number of nitrogens with zero attached hydrogens (tertiary/aromatic N) is 1. The predicted molar refractivity (Wildman–Crippen MR) is 101 cm³/mol. The highest BCUT2D eigenvalue weighted by atomic mass is 19.1. The van der Waals surface area contributed by atoms with Crippen LogP contribution in [0.15, 0.2) is 36.4 Å². The Balaban J connectivity index is 2.17. The van der Waals surface area contributed by atoms with Crippen molar-refractivity contribution < 1.29 is 9.13 Å². The monoisotopic (exact) mass is 344 g/mol. The van der Waals surface area contributed by atoms with Crippen molar-refractivity contribution in [1.82, 2.24) is 10.3 Å². The molecular weight excluding hydrogens is 315 g/mol. The maximum atomic E-state index is 14.1. The zero-order valence-corrected chi connectivity index (χ0v) is 15.8. The summed E-state index contributed by atoms with van der Waals surface area (Å²) in [6, 6.07) is 11.3. The lowest BCUT2D eigenvalue weighted by Gasteiger charge is -2.17. The second-order valence-electron chi connectivity index (χ2n) is 7.27. The van der Waals surface area contributed by atoms with Gasteiger partial charge in [-0.3, -0.25) is 0 Å². The SMILES string of the molecule is CC(C)COc1cccc(-c2ccc(F)c(CN[C@H](C)C(C)C)n2)c1. The van der Waals surface area contributed by atoms with Crippen molar-refractivity contribution in [3.63, 3.8) is 0 Å². The molecule has 0 bridgehead atoms. The van der Waals surface area contributed by atoms with Crippen LogP contribution in [0.3, 0.4) is 0 Å². The Morgan fingerprint density at radius 1 is 1.08 bits per heavy atom. The lowest BCUT2D eigenvalue weighted by molar-refractivity contribution is 0.271. The Bertz CT molecular complexity index is 685. The van der Waals surface area contributed by atoms with Gasteiger partial charge in [-0.1, -0.05) is 39.8 Å². The number of nitrogens with one attached hydrogen (secondary N) is 1. The minimum absolute atomic E-state index is 0.278. The van der Waals surface area contributed by atoms with Crippen molar-refractivity contribution in [2.75, 3.05) is 6.61 Å². The van der Waals surface area contributed by atoms with E-state index in [0.29, 0.717) is 36.7 Å². The molecule has 0 aliphatic heterocycles. The van der Waals surface area contributed by atoms with E-state index in [0.717, 1.165) is 17.0 Å². The Labute approximate surface area is 150 Å². The summed E-state index contributed by atoms with van der Waals surface area (Å²) in [4.78, 5) is 4.52. The van der Waals surface area contributed by atoms with Gasteiger partial charge in [0.15, 0.2) is 0 Å². The highest BCUT2D eigenvalue weighted by Crippen LogP contribution is 2.24. The van der Waals surface area contributed by atoms with Crippen molar-refractivity contribution >= 4 is 0 Å². The number of hydrogen-bond acceptors (Lipinski definition) is 3. The maximum Gasteiger partial charge on any atom is 0.146 e. The average Bonchev–Trinajstić information content (AvgIpc) is 2.59. The average molecular weight is 344 g/mol. The van der Waals surface area contributed by atoms with Crippen LogP contribution in [0, 0.1) is 17.7 Å². The van der Waals surface area contributed by atoms with E-state index in [9.17, 15) is 4.39 Å². The van der Waals surface area contributed by atoms with Crippen LogP contribution in [0.2, 0.25) is 0 Å². The van der Waals surface area contributed by atoms with Crippen LogP contribution in [0.25, 0.3) is 11.3 Å². The van der Waals surface area contributed by atoms with Gasteiger partial charge in [-0.25, -0.2) is 9.37 Å². The molecule has 4 heteroatoms. The molecule has 1 N–H and O–H groups in total. The summed E-state index contributed by atoms with van der Waals surface area (Å²) >= 11 is 0. The standard InChI is InChI=1S/C21H29FN2O/c1-14(2)13-25-18-8-6-7-17(11-18)20-10-9-19(22)21(24-20)12-23-16(5)15(3)4/h6-11,14-16,23H,12-13H2,1-5H3/t16-/m1/s1. The topological polar surface area (TPSA) is 34.1 Å². The van der Waals surface area contributed by atoms with E-state index in [1.54, 1.807) is 6.07 Å². The van der Waals surface area contributed by atoms with Gasteiger partial charge in [-0.2, -0.15) is 0 Å². The van der Waals surface area contributed by atoms with Gasteiger partial charge in [0, 0.05) is 18.2 Å². The molecule has 0 unspecified atom stereocenters. The number of hydrogen-bond donors (Lipinski definition) is 1. The summed E-state index contributed by atoms with van der Waals surface area (Å²) < 4.78 is 19.9. The molecule has 1 heterocycles. The number of halogens is 1. The van der Waals surface area contributed by atoms with Crippen molar-refractivity contribution in [1.29, 1.82) is 0 Å². The van der Waals surface area contributed by atoms with Crippen molar-refractivity contribution in [2.45, 2.75) is 47.2 Å². The lowest BCUT2D eigenvalue weighted by Crippen LogP contribution is -2.30. The minimum Gasteiger partial charge on any atom is -0.493 e. The van der Waals surface area contributed by atoms with Gasteiger partial charge < -0.3 is 10.1 Å². The van der Waals surface area contributed by atoms with Crippen LogP contribution >= 0.6 is 0 Å². The molecule has 25 heavy (non-hydrogen) atoms. The molecule has 0 aliphatic carbocycles. The van der Waals surface area contributed by atoms with E-state index in [4.69, 9.17) is 4.74 Å². The quantitative estimate of drug-likeness (QED) is 0.727. The number of pyridine rings is 1. The van der Waals surface area contributed by atoms with Gasteiger partial charge in [-0.05, 0) is 43.0 Å². The molecule has 0 amide bonds. The van der Waals surface area contributed by atoms with Gasteiger partial charge in [0.1, 0.15) is 11.6 Å². The van der Waals surface area contributed by atoms with E-state index < -0.39 is 0 Å². The van der Waals surface area contributed by atoms with E-state index in [1.165, 1.54) is 6.07 Å². The molecule has 0 spiro atoms. The summed E-state index contributed by atoms with van der Waals surface area (Å²) in [6.45, 7) is 11.7. The maximum absolute atomic E-state index is 14.1. The second-order valence-corrected chi connectivity index (χ2v) is 7.27. The molecule has 0 fully saturated rings. The Morgan fingerprint density at radius 2 is 1.84 bits per heavy atom.